The molecule has 0 aliphatic rings. The van der Waals surface area contributed by atoms with Gasteiger partial charge in [-0.3, -0.25) is 4.79 Å². The first-order chi connectivity index (χ1) is 9.27. The van der Waals surface area contributed by atoms with Crippen LogP contribution in [0.5, 0.6) is 0 Å². The zero-order valence-corrected chi connectivity index (χ0v) is 11.5. The quantitative estimate of drug-likeness (QED) is 0.693. The Morgan fingerprint density at radius 2 is 2.11 bits per heavy atom. The van der Waals surface area contributed by atoms with Crippen molar-refractivity contribution in [2.75, 3.05) is 0 Å². The second kappa shape index (κ2) is 6.70. The fourth-order valence-corrected chi connectivity index (χ4v) is 1.83. The van der Waals surface area contributed by atoms with Gasteiger partial charge in [-0.1, -0.05) is 12.1 Å². The number of benzene rings is 1. The van der Waals surface area contributed by atoms with Crippen molar-refractivity contribution in [1.29, 1.82) is 0 Å². The van der Waals surface area contributed by atoms with Gasteiger partial charge in [-0.2, -0.15) is 5.10 Å². The fraction of sp³-hybridized carbons (Fsp3) is 0. The zero-order valence-electron chi connectivity index (χ0n) is 9.92. The highest BCUT2D eigenvalue weighted by Crippen LogP contribution is 2.15. The van der Waals surface area contributed by atoms with Crippen LogP contribution in [0.25, 0.3) is 6.08 Å². The first-order valence-corrected chi connectivity index (χ1v) is 6.35. The molecule has 0 atom stereocenters. The summed E-state index contributed by atoms with van der Waals surface area (Å²) in [6.45, 7) is 0. The molecular weight excluding hydrogens is 308 g/mol. The molecule has 96 valence electrons. The first-order valence-electron chi connectivity index (χ1n) is 5.55. The summed E-state index contributed by atoms with van der Waals surface area (Å²) in [4.78, 5) is 11.8. The second-order valence-corrected chi connectivity index (χ2v) is 4.43. The van der Waals surface area contributed by atoms with E-state index in [1.807, 2.05) is 12.1 Å². The number of hydrogen-bond donors (Lipinski definition) is 1. The van der Waals surface area contributed by atoms with Crippen molar-refractivity contribution in [3.63, 3.8) is 0 Å². The Hall–Kier alpha value is -2.14. The van der Waals surface area contributed by atoms with Gasteiger partial charge in [0.2, 0.25) is 0 Å². The predicted molar refractivity (Wildman–Crippen MR) is 77.8 cm³/mol. The van der Waals surface area contributed by atoms with Crippen molar-refractivity contribution in [2.24, 2.45) is 5.10 Å². The number of furan rings is 1. The van der Waals surface area contributed by atoms with Crippen LogP contribution in [0.3, 0.4) is 0 Å². The molecule has 4 nitrogen and oxygen atoms in total. The van der Waals surface area contributed by atoms with Gasteiger partial charge in [0.1, 0.15) is 5.76 Å². The SMILES string of the molecule is O=C(N/N=C/C=C/c1ccco1)c1ccccc1Br. The van der Waals surface area contributed by atoms with E-state index in [0.717, 1.165) is 10.2 Å². The van der Waals surface area contributed by atoms with E-state index in [4.69, 9.17) is 4.42 Å². The van der Waals surface area contributed by atoms with Crippen LogP contribution in [0.4, 0.5) is 0 Å². The minimum absolute atomic E-state index is 0.268. The third-order valence-electron chi connectivity index (χ3n) is 2.25. The Balaban J connectivity index is 1.89. The smallest absolute Gasteiger partial charge is 0.272 e. The van der Waals surface area contributed by atoms with Crippen LogP contribution in [0.1, 0.15) is 16.1 Å². The summed E-state index contributed by atoms with van der Waals surface area (Å²) in [7, 11) is 0. The van der Waals surface area contributed by atoms with Crippen LogP contribution in [0.15, 0.2) is 62.7 Å². The minimum Gasteiger partial charge on any atom is -0.465 e. The maximum atomic E-state index is 11.8. The molecule has 1 amide bonds. The fourth-order valence-electron chi connectivity index (χ4n) is 1.37. The summed E-state index contributed by atoms with van der Waals surface area (Å²) >= 11 is 3.31. The molecule has 2 rings (SSSR count). The number of allylic oxidation sites excluding steroid dienone is 1. The number of hydrogen-bond acceptors (Lipinski definition) is 3. The maximum absolute atomic E-state index is 11.8. The van der Waals surface area contributed by atoms with Gasteiger partial charge in [0.25, 0.3) is 5.91 Å². The van der Waals surface area contributed by atoms with E-state index < -0.39 is 0 Å². The Morgan fingerprint density at radius 3 is 2.84 bits per heavy atom. The predicted octanol–water partition coefficient (Wildman–Crippen LogP) is 3.47. The number of amides is 1. The van der Waals surface area contributed by atoms with E-state index in [2.05, 4.69) is 26.5 Å². The molecule has 1 aromatic carbocycles. The highest BCUT2D eigenvalue weighted by molar-refractivity contribution is 9.10. The number of halogens is 1. The Morgan fingerprint density at radius 1 is 1.26 bits per heavy atom. The van der Waals surface area contributed by atoms with Gasteiger partial charge < -0.3 is 4.42 Å². The highest BCUT2D eigenvalue weighted by atomic mass is 79.9. The van der Waals surface area contributed by atoms with Crippen molar-refractivity contribution in [2.45, 2.75) is 0 Å². The minimum atomic E-state index is -0.268. The summed E-state index contributed by atoms with van der Waals surface area (Å²) in [6, 6.07) is 10.8. The molecule has 0 spiro atoms. The van der Waals surface area contributed by atoms with E-state index in [1.165, 1.54) is 6.21 Å². The number of rotatable bonds is 4. The summed E-state index contributed by atoms with van der Waals surface area (Å²) in [6.07, 6.45) is 6.50. The molecule has 0 fully saturated rings. The summed E-state index contributed by atoms with van der Waals surface area (Å²) < 4.78 is 5.83. The van der Waals surface area contributed by atoms with Gasteiger partial charge in [-0.05, 0) is 52.3 Å². The van der Waals surface area contributed by atoms with Crippen molar-refractivity contribution in [3.8, 4) is 0 Å². The van der Waals surface area contributed by atoms with E-state index >= 15 is 0 Å². The lowest BCUT2D eigenvalue weighted by molar-refractivity contribution is 0.0954. The van der Waals surface area contributed by atoms with Gasteiger partial charge in [0.05, 0.1) is 11.8 Å². The number of hydrazone groups is 1. The number of nitrogens with one attached hydrogen (secondary N) is 1. The molecule has 5 heteroatoms. The lowest BCUT2D eigenvalue weighted by Gasteiger charge is -2.01. The molecule has 2 aromatic rings. The average molecular weight is 319 g/mol. The van der Waals surface area contributed by atoms with E-state index in [0.29, 0.717) is 5.56 Å². The van der Waals surface area contributed by atoms with Crippen LogP contribution in [0.2, 0.25) is 0 Å². The second-order valence-electron chi connectivity index (χ2n) is 3.57. The Kier molecular flexibility index (Phi) is 4.69. The molecule has 0 bridgehead atoms. The molecule has 0 unspecified atom stereocenters. The Bertz CT molecular complexity index is 604. The van der Waals surface area contributed by atoms with Crippen LogP contribution < -0.4 is 5.43 Å². The largest absolute Gasteiger partial charge is 0.465 e. The van der Waals surface area contributed by atoms with Crippen LogP contribution in [0, 0.1) is 0 Å². The van der Waals surface area contributed by atoms with Crippen molar-refractivity contribution >= 4 is 34.1 Å². The van der Waals surface area contributed by atoms with Gasteiger partial charge in [-0.25, -0.2) is 5.43 Å². The molecule has 1 N–H and O–H groups in total. The molecular formula is C14H11BrN2O2. The lowest BCUT2D eigenvalue weighted by atomic mass is 10.2. The van der Waals surface area contributed by atoms with Crippen LogP contribution in [-0.2, 0) is 0 Å². The van der Waals surface area contributed by atoms with Crippen molar-refractivity contribution < 1.29 is 9.21 Å². The standard InChI is InChI=1S/C14H11BrN2O2/c15-13-8-2-1-7-12(13)14(18)17-16-9-3-5-11-6-4-10-19-11/h1-10H,(H,17,18)/b5-3+,16-9+. The molecule has 0 saturated heterocycles. The average Bonchev–Trinajstić information content (AvgIpc) is 2.92. The normalized spacial score (nSPS) is 11.2. The molecule has 1 aromatic heterocycles. The van der Waals surface area contributed by atoms with E-state index in [-0.39, 0.29) is 5.91 Å². The number of carbonyl (C=O) groups is 1. The zero-order chi connectivity index (χ0) is 13.5. The molecule has 0 aliphatic heterocycles. The van der Waals surface area contributed by atoms with Gasteiger partial charge in [-0.15, -0.1) is 0 Å². The summed E-state index contributed by atoms with van der Waals surface area (Å²) in [5, 5.41) is 3.81. The molecule has 0 saturated carbocycles. The molecule has 0 aliphatic carbocycles. The Labute approximate surface area is 118 Å². The summed E-state index contributed by atoms with van der Waals surface area (Å²) in [5.74, 6) is 0.457. The van der Waals surface area contributed by atoms with Crippen LogP contribution in [-0.4, -0.2) is 12.1 Å². The lowest BCUT2D eigenvalue weighted by Crippen LogP contribution is -2.17. The molecule has 19 heavy (non-hydrogen) atoms. The summed E-state index contributed by atoms with van der Waals surface area (Å²) in [5.41, 5.74) is 2.98. The van der Waals surface area contributed by atoms with E-state index in [9.17, 15) is 4.79 Å². The van der Waals surface area contributed by atoms with Crippen molar-refractivity contribution in [1.82, 2.24) is 5.43 Å². The molecule has 0 radical (unpaired) electrons. The third-order valence-corrected chi connectivity index (χ3v) is 2.94. The third kappa shape index (κ3) is 3.93. The first kappa shape index (κ1) is 13.3. The highest BCUT2D eigenvalue weighted by Gasteiger charge is 2.06. The number of carbonyl (C=O) groups excluding carboxylic acids is 1. The van der Waals surface area contributed by atoms with Gasteiger partial charge in [0, 0.05) is 10.7 Å². The van der Waals surface area contributed by atoms with E-state index in [1.54, 1.807) is 42.7 Å². The van der Waals surface area contributed by atoms with Gasteiger partial charge >= 0.3 is 0 Å². The maximum Gasteiger partial charge on any atom is 0.272 e. The monoisotopic (exact) mass is 318 g/mol. The van der Waals surface area contributed by atoms with Gasteiger partial charge in [0.15, 0.2) is 0 Å². The molecule has 1 heterocycles. The topological polar surface area (TPSA) is 54.6 Å². The van der Waals surface area contributed by atoms with Crippen LogP contribution >= 0.6 is 15.9 Å². The number of nitrogens with zero attached hydrogens (tertiary/aromatic N) is 1. The van der Waals surface area contributed by atoms with Crippen molar-refractivity contribution in [3.05, 3.63) is 64.5 Å².